The van der Waals surface area contributed by atoms with Crippen molar-refractivity contribution in [3.63, 3.8) is 0 Å². The van der Waals surface area contributed by atoms with Crippen LogP contribution in [0.25, 0.3) is 0 Å². The molecular formula is C13H28ClN. The zero-order valence-corrected chi connectivity index (χ0v) is 11.5. The van der Waals surface area contributed by atoms with Crippen molar-refractivity contribution in [3.05, 3.63) is 12.2 Å². The van der Waals surface area contributed by atoms with Crippen LogP contribution in [0.2, 0.25) is 0 Å². The van der Waals surface area contributed by atoms with Crippen LogP contribution in [0.5, 0.6) is 0 Å². The average molecular weight is 234 g/mol. The van der Waals surface area contributed by atoms with Crippen LogP contribution in [0.15, 0.2) is 12.2 Å². The fourth-order valence-electron chi connectivity index (χ4n) is 1.45. The Labute approximate surface area is 102 Å². The molecule has 0 aliphatic heterocycles. The smallest absolute Gasteiger partial charge is 0.0163 e. The first-order valence-corrected chi connectivity index (χ1v) is 6.22. The zero-order valence-electron chi connectivity index (χ0n) is 10.7. The lowest BCUT2D eigenvalue weighted by atomic mass is 10.2. The Morgan fingerprint density at radius 3 is 1.80 bits per heavy atom. The normalized spacial score (nSPS) is 10.9. The molecule has 92 valence electrons. The fraction of sp³-hybridized carbons (Fsp3) is 0.846. The molecule has 0 saturated carbocycles. The van der Waals surface area contributed by atoms with Gasteiger partial charge in [-0.05, 0) is 32.4 Å². The number of unbranched alkanes of at least 4 members (excludes halogenated alkanes) is 2. The molecule has 0 aliphatic carbocycles. The summed E-state index contributed by atoms with van der Waals surface area (Å²) in [5, 5.41) is 0. The Kier molecular flexibility index (Phi) is 16.2. The van der Waals surface area contributed by atoms with Crippen molar-refractivity contribution in [2.24, 2.45) is 0 Å². The van der Waals surface area contributed by atoms with Crippen LogP contribution in [0.1, 0.15) is 52.9 Å². The largest absolute Gasteiger partial charge is 0.300 e. The third-order valence-corrected chi connectivity index (χ3v) is 2.42. The summed E-state index contributed by atoms with van der Waals surface area (Å²) in [4.78, 5) is 2.57. The molecule has 0 aromatic heterocycles. The summed E-state index contributed by atoms with van der Waals surface area (Å²) in [6.45, 7) is 10.4. The molecule has 0 unspecified atom stereocenters. The Morgan fingerprint density at radius 1 is 0.867 bits per heavy atom. The third-order valence-electron chi connectivity index (χ3n) is 2.42. The van der Waals surface area contributed by atoms with Crippen molar-refractivity contribution in [1.82, 2.24) is 4.90 Å². The molecule has 0 saturated heterocycles. The van der Waals surface area contributed by atoms with Gasteiger partial charge in [-0.2, -0.15) is 0 Å². The number of nitrogens with zero attached hydrogens (tertiary/aromatic N) is 1. The Bertz CT molecular complexity index is 126. The molecule has 0 N–H and O–H groups in total. The molecule has 0 aromatic rings. The molecule has 0 heterocycles. The third kappa shape index (κ3) is 11.9. The zero-order chi connectivity index (χ0) is 10.6. The SMILES string of the molecule is CC/C=C/CN(CCCC)CCCC.Cl. The van der Waals surface area contributed by atoms with Crippen molar-refractivity contribution < 1.29 is 0 Å². The van der Waals surface area contributed by atoms with Crippen molar-refractivity contribution >= 4 is 12.4 Å². The summed E-state index contributed by atoms with van der Waals surface area (Å²) >= 11 is 0. The number of allylic oxidation sites excluding steroid dienone is 1. The van der Waals surface area contributed by atoms with E-state index in [4.69, 9.17) is 0 Å². The van der Waals surface area contributed by atoms with Crippen LogP contribution in [0, 0.1) is 0 Å². The molecule has 0 radical (unpaired) electrons. The highest BCUT2D eigenvalue weighted by Gasteiger charge is 2.00. The molecule has 0 bridgehead atoms. The lowest BCUT2D eigenvalue weighted by Gasteiger charge is -2.19. The van der Waals surface area contributed by atoms with Gasteiger partial charge in [0.2, 0.25) is 0 Å². The van der Waals surface area contributed by atoms with E-state index in [1.165, 1.54) is 38.8 Å². The fourth-order valence-corrected chi connectivity index (χ4v) is 1.45. The van der Waals surface area contributed by atoms with E-state index in [0.29, 0.717) is 0 Å². The first-order valence-electron chi connectivity index (χ1n) is 6.22. The summed E-state index contributed by atoms with van der Waals surface area (Å²) in [5.41, 5.74) is 0. The van der Waals surface area contributed by atoms with Gasteiger partial charge in [-0.3, -0.25) is 4.90 Å². The quantitative estimate of drug-likeness (QED) is 0.538. The molecule has 1 nitrogen and oxygen atoms in total. The van der Waals surface area contributed by atoms with Gasteiger partial charge in [0.15, 0.2) is 0 Å². The van der Waals surface area contributed by atoms with Gasteiger partial charge in [0.25, 0.3) is 0 Å². The molecule has 0 spiro atoms. The maximum Gasteiger partial charge on any atom is 0.0163 e. The molecule has 0 fully saturated rings. The van der Waals surface area contributed by atoms with Crippen LogP contribution in [-0.4, -0.2) is 24.5 Å². The van der Waals surface area contributed by atoms with Gasteiger partial charge in [0.1, 0.15) is 0 Å². The first kappa shape index (κ1) is 17.4. The maximum atomic E-state index is 2.57. The summed E-state index contributed by atoms with van der Waals surface area (Å²) in [6, 6.07) is 0. The Balaban J connectivity index is 0. The maximum absolute atomic E-state index is 2.57. The predicted molar refractivity (Wildman–Crippen MR) is 72.9 cm³/mol. The monoisotopic (exact) mass is 233 g/mol. The summed E-state index contributed by atoms with van der Waals surface area (Å²) in [7, 11) is 0. The minimum absolute atomic E-state index is 0. The number of hydrogen-bond donors (Lipinski definition) is 0. The first-order chi connectivity index (χ1) is 6.85. The summed E-state index contributed by atoms with van der Waals surface area (Å²) < 4.78 is 0. The van der Waals surface area contributed by atoms with Crippen LogP contribution < -0.4 is 0 Å². The van der Waals surface area contributed by atoms with Crippen LogP contribution in [0.3, 0.4) is 0 Å². The molecule has 0 atom stereocenters. The Morgan fingerprint density at radius 2 is 1.40 bits per heavy atom. The second kappa shape index (κ2) is 14.0. The van der Waals surface area contributed by atoms with E-state index < -0.39 is 0 Å². The minimum atomic E-state index is 0. The van der Waals surface area contributed by atoms with E-state index in [1.807, 2.05) is 0 Å². The van der Waals surface area contributed by atoms with Gasteiger partial charge in [-0.15, -0.1) is 12.4 Å². The molecule has 0 amide bonds. The highest BCUT2D eigenvalue weighted by Crippen LogP contribution is 1.99. The second-order valence-corrected chi connectivity index (χ2v) is 3.89. The van der Waals surface area contributed by atoms with Crippen molar-refractivity contribution in [1.29, 1.82) is 0 Å². The summed E-state index contributed by atoms with van der Waals surface area (Å²) in [6.07, 6.45) is 11.0. The lowest BCUT2D eigenvalue weighted by Crippen LogP contribution is -2.26. The van der Waals surface area contributed by atoms with Crippen molar-refractivity contribution in [2.45, 2.75) is 52.9 Å². The van der Waals surface area contributed by atoms with Gasteiger partial charge in [0.05, 0.1) is 0 Å². The Hall–Kier alpha value is -0.0100. The van der Waals surface area contributed by atoms with Gasteiger partial charge in [0, 0.05) is 6.54 Å². The number of rotatable bonds is 9. The highest BCUT2D eigenvalue weighted by atomic mass is 35.5. The van der Waals surface area contributed by atoms with Gasteiger partial charge < -0.3 is 0 Å². The standard InChI is InChI=1S/C13H27N.ClH/c1-4-7-10-13-14(11-8-5-2)12-9-6-3;/h7,10H,4-6,8-9,11-13H2,1-3H3;1H/b10-7+;. The molecule has 0 aliphatic rings. The van der Waals surface area contributed by atoms with E-state index in [0.717, 1.165) is 13.0 Å². The number of hydrogen-bond acceptors (Lipinski definition) is 1. The van der Waals surface area contributed by atoms with E-state index in [9.17, 15) is 0 Å². The van der Waals surface area contributed by atoms with Gasteiger partial charge in [-0.1, -0.05) is 45.8 Å². The molecular weight excluding hydrogens is 206 g/mol. The topological polar surface area (TPSA) is 3.24 Å². The molecule has 2 heteroatoms. The molecule has 0 rings (SSSR count). The second-order valence-electron chi connectivity index (χ2n) is 3.89. The van der Waals surface area contributed by atoms with Crippen molar-refractivity contribution in [2.75, 3.05) is 19.6 Å². The van der Waals surface area contributed by atoms with E-state index in [1.54, 1.807) is 0 Å². The van der Waals surface area contributed by atoms with E-state index >= 15 is 0 Å². The predicted octanol–water partition coefficient (Wildman–Crippen LogP) is 4.28. The van der Waals surface area contributed by atoms with Crippen LogP contribution in [0.4, 0.5) is 0 Å². The number of halogens is 1. The minimum Gasteiger partial charge on any atom is -0.300 e. The van der Waals surface area contributed by atoms with Gasteiger partial charge >= 0.3 is 0 Å². The van der Waals surface area contributed by atoms with Crippen molar-refractivity contribution in [3.8, 4) is 0 Å². The van der Waals surface area contributed by atoms with Gasteiger partial charge in [-0.25, -0.2) is 0 Å². The van der Waals surface area contributed by atoms with E-state index in [-0.39, 0.29) is 12.4 Å². The molecule has 0 aromatic carbocycles. The van der Waals surface area contributed by atoms with Crippen LogP contribution in [-0.2, 0) is 0 Å². The molecule has 15 heavy (non-hydrogen) atoms. The highest BCUT2D eigenvalue weighted by molar-refractivity contribution is 5.85. The van der Waals surface area contributed by atoms with Crippen LogP contribution >= 0.6 is 12.4 Å². The average Bonchev–Trinajstić information content (AvgIpc) is 2.21. The lowest BCUT2D eigenvalue weighted by molar-refractivity contribution is 0.292. The summed E-state index contributed by atoms with van der Waals surface area (Å²) in [5.74, 6) is 0. The van der Waals surface area contributed by atoms with E-state index in [2.05, 4.69) is 37.8 Å².